The van der Waals surface area contributed by atoms with Crippen LogP contribution in [0.4, 0.5) is 0 Å². The topological polar surface area (TPSA) is 103 Å². The summed E-state index contributed by atoms with van der Waals surface area (Å²) in [5.74, 6) is 0.939. The summed E-state index contributed by atoms with van der Waals surface area (Å²) < 4.78 is 34.0. The lowest BCUT2D eigenvalue weighted by molar-refractivity contribution is -0.123. The summed E-state index contributed by atoms with van der Waals surface area (Å²) in [6.07, 6.45) is 3.80. The number of carbonyl (C=O) groups is 1. The third-order valence-corrected chi connectivity index (χ3v) is 6.71. The molecule has 0 unspecified atom stereocenters. The van der Waals surface area contributed by atoms with E-state index in [0.29, 0.717) is 24.6 Å². The molecule has 34 heavy (non-hydrogen) atoms. The molecular weight excluding hydrogens is 456 g/mol. The molecule has 0 aliphatic carbocycles. The van der Waals surface area contributed by atoms with Crippen LogP contribution in [0, 0.1) is 5.92 Å². The lowest BCUT2D eigenvalue weighted by atomic mass is 10.0. The standard InChI is InChI=1S/C25H32N2O6S/c1-3-24(27-33-17-20-4-10-23(11-5-20)34(2,29)30)21-6-8-22(9-7-21)32-18-25(28)26-16-19-12-14-31-15-13-19/h4-11,19H,3,12-18H2,1-2H3,(H,26,28)/b27-24+. The van der Waals surface area contributed by atoms with E-state index >= 15 is 0 Å². The predicted octanol–water partition coefficient (Wildman–Crippen LogP) is 3.34. The van der Waals surface area contributed by atoms with Crippen molar-refractivity contribution in [2.24, 2.45) is 11.1 Å². The van der Waals surface area contributed by atoms with Crippen molar-refractivity contribution in [1.82, 2.24) is 5.32 Å². The van der Waals surface area contributed by atoms with Crippen molar-refractivity contribution in [2.45, 2.75) is 37.7 Å². The molecule has 1 saturated heterocycles. The van der Waals surface area contributed by atoms with Gasteiger partial charge in [-0.3, -0.25) is 4.79 Å². The van der Waals surface area contributed by atoms with Crippen molar-refractivity contribution in [3.8, 4) is 5.75 Å². The van der Waals surface area contributed by atoms with E-state index < -0.39 is 9.84 Å². The molecule has 9 heteroatoms. The van der Waals surface area contributed by atoms with Crippen LogP contribution in [0.2, 0.25) is 0 Å². The summed E-state index contributed by atoms with van der Waals surface area (Å²) in [4.78, 5) is 17.8. The molecule has 0 atom stereocenters. The molecule has 1 fully saturated rings. The van der Waals surface area contributed by atoms with E-state index in [1.807, 2.05) is 19.1 Å². The van der Waals surface area contributed by atoms with Crippen molar-refractivity contribution in [3.05, 3.63) is 59.7 Å². The number of ether oxygens (including phenoxy) is 2. The quantitative estimate of drug-likeness (QED) is 0.384. The van der Waals surface area contributed by atoms with Gasteiger partial charge < -0.3 is 19.6 Å². The van der Waals surface area contributed by atoms with Gasteiger partial charge in [0.2, 0.25) is 0 Å². The average molecular weight is 489 g/mol. The van der Waals surface area contributed by atoms with E-state index in [2.05, 4.69) is 10.5 Å². The molecule has 0 radical (unpaired) electrons. The molecule has 2 aromatic rings. The molecule has 1 aliphatic heterocycles. The summed E-state index contributed by atoms with van der Waals surface area (Å²) in [5.41, 5.74) is 2.49. The fourth-order valence-electron chi connectivity index (χ4n) is 3.49. The SMILES string of the molecule is CC/C(=N\OCc1ccc(S(C)(=O)=O)cc1)c1ccc(OCC(=O)NCC2CCOCC2)cc1. The summed E-state index contributed by atoms with van der Waals surface area (Å²) in [7, 11) is -3.22. The van der Waals surface area contributed by atoms with Gasteiger partial charge in [-0.25, -0.2) is 8.42 Å². The highest BCUT2D eigenvalue weighted by Gasteiger charge is 2.15. The third kappa shape index (κ3) is 8.14. The van der Waals surface area contributed by atoms with Crippen LogP contribution < -0.4 is 10.1 Å². The molecular formula is C25H32N2O6S. The number of nitrogens with one attached hydrogen (secondary N) is 1. The Morgan fingerprint density at radius 1 is 1.09 bits per heavy atom. The first-order chi connectivity index (χ1) is 16.3. The van der Waals surface area contributed by atoms with Crippen molar-refractivity contribution in [3.63, 3.8) is 0 Å². The Morgan fingerprint density at radius 3 is 2.38 bits per heavy atom. The van der Waals surface area contributed by atoms with E-state index in [-0.39, 0.29) is 24.0 Å². The van der Waals surface area contributed by atoms with Gasteiger partial charge in [-0.15, -0.1) is 0 Å². The zero-order chi connectivity index (χ0) is 24.4. The molecule has 0 spiro atoms. The van der Waals surface area contributed by atoms with Crippen LogP contribution in [0.25, 0.3) is 0 Å². The van der Waals surface area contributed by atoms with Gasteiger partial charge in [0.25, 0.3) is 5.91 Å². The van der Waals surface area contributed by atoms with Gasteiger partial charge in [0.1, 0.15) is 12.4 Å². The molecule has 2 aromatic carbocycles. The lowest BCUT2D eigenvalue weighted by Crippen LogP contribution is -2.35. The molecule has 0 aromatic heterocycles. The number of sulfone groups is 1. The van der Waals surface area contributed by atoms with Crippen LogP contribution in [-0.4, -0.2) is 52.7 Å². The number of hydrogen-bond donors (Lipinski definition) is 1. The van der Waals surface area contributed by atoms with Crippen LogP contribution in [0.5, 0.6) is 5.75 Å². The lowest BCUT2D eigenvalue weighted by Gasteiger charge is -2.22. The monoisotopic (exact) mass is 488 g/mol. The molecule has 8 nitrogen and oxygen atoms in total. The third-order valence-electron chi connectivity index (χ3n) is 5.58. The highest BCUT2D eigenvalue weighted by Crippen LogP contribution is 2.16. The molecule has 1 N–H and O–H groups in total. The Balaban J connectivity index is 1.46. The van der Waals surface area contributed by atoms with Crippen molar-refractivity contribution >= 4 is 21.5 Å². The minimum Gasteiger partial charge on any atom is -0.484 e. The Morgan fingerprint density at radius 2 is 1.76 bits per heavy atom. The molecule has 184 valence electrons. The van der Waals surface area contributed by atoms with Crippen LogP contribution in [0.15, 0.2) is 58.6 Å². The zero-order valence-corrected chi connectivity index (χ0v) is 20.5. The largest absolute Gasteiger partial charge is 0.484 e. The number of oxime groups is 1. The molecule has 0 saturated carbocycles. The zero-order valence-electron chi connectivity index (χ0n) is 19.7. The number of benzene rings is 2. The van der Waals surface area contributed by atoms with E-state index in [1.54, 1.807) is 36.4 Å². The first-order valence-corrected chi connectivity index (χ1v) is 13.3. The minimum atomic E-state index is -3.22. The van der Waals surface area contributed by atoms with E-state index in [1.165, 1.54) is 6.26 Å². The summed E-state index contributed by atoms with van der Waals surface area (Å²) >= 11 is 0. The van der Waals surface area contributed by atoms with Crippen LogP contribution in [0.3, 0.4) is 0 Å². The summed E-state index contributed by atoms with van der Waals surface area (Å²) in [6.45, 7) is 4.36. The van der Waals surface area contributed by atoms with Gasteiger partial charge in [-0.05, 0) is 72.7 Å². The van der Waals surface area contributed by atoms with Gasteiger partial charge in [0, 0.05) is 26.0 Å². The smallest absolute Gasteiger partial charge is 0.257 e. The maximum absolute atomic E-state index is 12.1. The maximum atomic E-state index is 12.1. The molecule has 1 heterocycles. The van der Waals surface area contributed by atoms with Crippen LogP contribution >= 0.6 is 0 Å². The van der Waals surface area contributed by atoms with Crippen molar-refractivity contribution in [1.29, 1.82) is 0 Å². The van der Waals surface area contributed by atoms with Gasteiger partial charge in [-0.1, -0.05) is 24.2 Å². The second-order valence-corrected chi connectivity index (χ2v) is 10.3. The molecule has 1 amide bonds. The molecule has 1 aliphatic rings. The fourth-order valence-corrected chi connectivity index (χ4v) is 4.12. The minimum absolute atomic E-state index is 0.0292. The number of carbonyl (C=O) groups excluding carboxylic acids is 1. The Kier molecular flexibility index (Phi) is 9.47. The Labute approximate surface area is 201 Å². The van der Waals surface area contributed by atoms with E-state index in [9.17, 15) is 13.2 Å². The van der Waals surface area contributed by atoms with E-state index in [4.69, 9.17) is 14.3 Å². The number of nitrogens with zero attached hydrogens (tertiary/aromatic N) is 1. The summed E-state index contributed by atoms with van der Waals surface area (Å²) in [5, 5.41) is 7.16. The number of amides is 1. The second kappa shape index (κ2) is 12.5. The van der Waals surface area contributed by atoms with Gasteiger partial charge in [-0.2, -0.15) is 0 Å². The highest BCUT2D eigenvalue weighted by atomic mass is 32.2. The van der Waals surface area contributed by atoms with Gasteiger partial charge in [0.15, 0.2) is 16.4 Å². The first-order valence-electron chi connectivity index (χ1n) is 11.4. The predicted molar refractivity (Wildman–Crippen MR) is 130 cm³/mol. The molecule has 0 bridgehead atoms. The average Bonchev–Trinajstić information content (AvgIpc) is 2.85. The second-order valence-electron chi connectivity index (χ2n) is 8.25. The Hall–Kier alpha value is -2.91. The highest BCUT2D eigenvalue weighted by molar-refractivity contribution is 7.90. The number of hydrogen-bond acceptors (Lipinski definition) is 7. The van der Waals surface area contributed by atoms with Crippen molar-refractivity contribution < 1.29 is 27.5 Å². The van der Waals surface area contributed by atoms with Crippen molar-refractivity contribution in [2.75, 3.05) is 32.6 Å². The fraction of sp³-hybridized carbons (Fsp3) is 0.440. The van der Waals surface area contributed by atoms with Crippen LogP contribution in [0.1, 0.15) is 37.3 Å². The van der Waals surface area contributed by atoms with Gasteiger partial charge in [0.05, 0.1) is 10.6 Å². The van der Waals surface area contributed by atoms with Gasteiger partial charge >= 0.3 is 0 Å². The molecule has 3 rings (SSSR count). The van der Waals surface area contributed by atoms with E-state index in [0.717, 1.165) is 42.9 Å². The number of rotatable bonds is 11. The summed E-state index contributed by atoms with van der Waals surface area (Å²) in [6, 6.07) is 13.9. The maximum Gasteiger partial charge on any atom is 0.257 e. The Bertz CT molecular complexity index is 1060. The normalized spacial score (nSPS) is 15.1. The first kappa shape index (κ1) is 25.7. The van der Waals surface area contributed by atoms with Crippen LogP contribution in [-0.2, 0) is 30.8 Å².